The normalized spacial score (nSPS) is 11.1. The molecule has 0 fully saturated rings. The Hall–Kier alpha value is -2.33. The molecule has 0 spiro atoms. The summed E-state index contributed by atoms with van der Waals surface area (Å²) in [6, 6.07) is 25.7. The van der Waals surface area contributed by atoms with Gasteiger partial charge in [0.05, 0.1) is 15.7 Å². The maximum Gasteiger partial charge on any atom is 0.205 e. The molecule has 26 heavy (non-hydrogen) atoms. The summed E-state index contributed by atoms with van der Waals surface area (Å²) in [5, 5.41) is 13.3. The van der Waals surface area contributed by atoms with E-state index in [-0.39, 0.29) is 34.2 Å². The van der Waals surface area contributed by atoms with Gasteiger partial charge < -0.3 is 10.4 Å². The van der Waals surface area contributed by atoms with Gasteiger partial charge in [-0.05, 0) is 45.8 Å². The molecule has 0 saturated heterocycles. The minimum Gasteiger partial charge on any atom is -0.507 e. The number of rotatable bonds is 5. The molecule has 0 atom stereocenters. The fourth-order valence-electron chi connectivity index (χ4n) is 2.42. The number of hydrogen-bond donors (Lipinski definition) is 2. The molecule has 3 rings (SSSR count). The molecule has 0 amide bonds. The summed E-state index contributed by atoms with van der Waals surface area (Å²) in [6.07, 6.45) is 0. The summed E-state index contributed by atoms with van der Waals surface area (Å²) < 4.78 is 0.351. The van der Waals surface area contributed by atoms with Crippen LogP contribution in [0.5, 0.6) is 5.75 Å². The maximum atomic E-state index is 12.9. The first kappa shape index (κ1) is 20.0. The van der Waals surface area contributed by atoms with Crippen molar-refractivity contribution in [3.05, 3.63) is 101 Å². The Labute approximate surface area is 171 Å². The third-order valence-corrected chi connectivity index (χ3v) is 4.43. The topological polar surface area (TPSA) is 49.3 Å². The first-order valence-electron chi connectivity index (χ1n) is 7.77. The quantitative estimate of drug-likeness (QED) is 0.304. The SMILES string of the molecule is O=C(/C(Br)=C(\Nc1ccccc1)c1ccccc1)c1ccccc1O.[Cu]. The molecule has 135 valence electrons. The maximum absolute atomic E-state index is 12.9. The molecule has 0 bridgehead atoms. The van der Waals surface area contributed by atoms with Crippen LogP contribution in [0.3, 0.4) is 0 Å². The number of para-hydroxylation sites is 2. The Morgan fingerprint density at radius 2 is 1.35 bits per heavy atom. The van der Waals surface area contributed by atoms with Crippen molar-refractivity contribution >= 4 is 33.1 Å². The van der Waals surface area contributed by atoms with Gasteiger partial charge >= 0.3 is 0 Å². The molecule has 3 aromatic carbocycles. The molecule has 0 aliphatic rings. The zero-order chi connectivity index (χ0) is 17.6. The molecule has 2 N–H and O–H groups in total. The second kappa shape index (κ2) is 9.39. The van der Waals surface area contributed by atoms with Crippen LogP contribution in [0.2, 0.25) is 0 Å². The van der Waals surface area contributed by atoms with E-state index in [1.807, 2.05) is 60.7 Å². The zero-order valence-corrected chi connectivity index (χ0v) is 16.1. The van der Waals surface area contributed by atoms with Crippen LogP contribution in [-0.2, 0) is 17.1 Å². The number of hydrogen-bond acceptors (Lipinski definition) is 3. The minimum absolute atomic E-state index is 0. The molecular weight excluding hydrogens is 442 g/mol. The Morgan fingerprint density at radius 1 is 0.808 bits per heavy atom. The fraction of sp³-hybridized carbons (Fsp3) is 0. The monoisotopic (exact) mass is 456 g/mol. The molecule has 5 heteroatoms. The van der Waals surface area contributed by atoms with E-state index in [0.717, 1.165) is 11.3 Å². The van der Waals surface area contributed by atoms with E-state index >= 15 is 0 Å². The zero-order valence-electron chi connectivity index (χ0n) is 13.6. The smallest absolute Gasteiger partial charge is 0.205 e. The van der Waals surface area contributed by atoms with Crippen molar-refractivity contribution in [1.82, 2.24) is 0 Å². The average molecular weight is 458 g/mol. The molecular formula is C21H16BrCuNO2. The predicted octanol–water partition coefficient (Wildman–Crippen LogP) is 5.45. The van der Waals surface area contributed by atoms with Crippen molar-refractivity contribution in [1.29, 1.82) is 0 Å². The second-order valence-electron chi connectivity index (χ2n) is 5.39. The molecule has 3 aromatic rings. The number of benzene rings is 3. The van der Waals surface area contributed by atoms with Crippen molar-refractivity contribution in [3.63, 3.8) is 0 Å². The predicted molar refractivity (Wildman–Crippen MR) is 105 cm³/mol. The van der Waals surface area contributed by atoms with E-state index in [2.05, 4.69) is 21.2 Å². The number of phenolic OH excluding ortho intramolecular Hbond substituents is 1. The fourth-order valence-corrected chi connectivity index (χ4v) is 2.96. The van der Waals surface area contributed by atoms with Crippen LogP contribution in [-0.4, -0.2) is 10.9 Å². The second-order valence-corrected chi connectivity index (χ2v) is 6.19. The number of phenols is 1. The third-order valence-electron chi connectivity index (χ3n) is 3.67. The molecule has 0 unspecified atom stereocenters. The number of anilines is 1. The Bertz CT molecular complexity index is 912. The van der Waals surface area contributed by atoms with Gasteiger partial charge in [-0.3, -0.25) is 4.79 Å². The summed E-state index contributed by atoms with van der Waals surface area (Å²) in [5.41, 5.74) is 2.61. The average Bonchev–Trinajstić information content (AvgIpc) is 2.67. The van der Waals surface area contributed by atoms with E-state index < -0.39 is 0 Å². The Kier molecular flexibility index (Phi) is 7.22. The van der Waals surface area contributed by atoms with E-state index in [9.17, 15) is 9.90 Å². The van der Waals surface area contributed by atoms with E-state index in [1.165, 1.54) is 6.07 Å². The van der Waals surface area contributed by atoms with Gasteiger partial charge in [0.2, 0.25) is 5.78 Å². The van der Waals surface area contributed by atoms with Crippen LogP contribution < -0.4 is 5.32 Å². The van der Waals surface area contributed by atoms with Crippen LogP contribution in [0.25, 0.3) is 5.70 Å². The minimum atomic E-state index is -0.291. The van der Waals surface area contributed by atoms with Crippen LogP contribution >= 0.6 is 15.9 Å². The molecule has 1 radical (unpaired) electrons. The van der Waals surface area contributed by atoms with Gasteiger partial charge in [-0.2, -0.15) is 0 Å². The van der Waals surface area contributed by atoms with Crippen molar-refractivity contribution < 1.29 is 27.0 Å². The van der Waals surface area contributed by atoms with E-state index in [0.29, 0.717) is 10.2 Å². The number of Topliss-reactive ketones (excluding diaryl/α,β-unsaturated/α-hetero) is 1. The number of allylic oxidation sites excluding steroid dienone is 1. The number of halogens is 1. The Balaban J connectivity index is 0.00000243. The molecule has 0 heterocycles. The van der Waals surface area contributed by atoms with Crippen LogP contribution in [0.15, 0.2) is 89.4 Å². The first-order chi connectivity index (χ1) is 12.2. The molecule has 0 aromatic heterocycles. The van der Waals surface area contributed by atoms with Gasteiger partial charge in [-0.25, -0.2) is 0 Å². The standard InChI is InChI=1S/C21H16BrNO2.Cu/c22-19(21(25)17-13-7-8-14-18(17)24)20(15-9-3-1-4-10-15)23-16-11-5-2-6-12-16;/h1-14,23-24H;/b20-19+;. The molecule has 0 aliphatic carbocycles. The summed E-state index contributed by atoms with van der Waals surface area (Å²) in [6.45, 7) is 0. The number of carbonyl (C=O) groups excluding carboxylic acids is 1. The van der Waals surface area contributed by atoms with Crippen LogP contribution in [0.1, 0.15) is 15.9 Å². The van der Waals surface area contributed by atoms with Crippen molar-refractivity contribution in [2.45, 2.75) is 0 Å². The number of nitrogens with one attached hydrogen (secondary N) is 1. The first-order valence-corrected chi connectivity index (χ1v) is 8.56. The summed E-state index contributed by atoms with van der Waals surface area (Å²) in [5.74, 6) is -0.336. The summed E-state index contributed by atoms with van der Waals surface area (Å²) in [4.78, 5) is 12.9. The van der Waals surface area contributed by atoms with E-state index in [4.69, 9.17) is 0 Å². The Morgan fingerprint density at radius 3 is 1.96 bits per heavy atom. The summed E-state index contributed by atoms with van der Waals surface area (Å²) in [7, 11) is 0. The van der Waals surface area contributed by atoms with Gasteiger partial charge in [-0.15, -0.1) is 0 Å². The molecule has 3 nitrogen and oxygen atoms in total. The van der Waals surface area contributed by atoms with Gasteiger partial charge in [0.25, 0.3) is 0 Å². The van der Waals surface area contributed by atoms with Crippen molar-refractivity contribution in [2.24, 2.45) is 0 Å². The van der Waals surface area contributed by atoms with Gasteiger partial charge in [-0.1, -0.05) is 60.7 Å². The van der Waals surface area contributed by atoms with Crippen LogP contribution in [0.4, 0.5) is 5.69 Å². The van der Waals surface area contributed by atoms with Gasteiger partial charge in [0.1, 0.15) is 5.75 Å². The van der Waals surface area contributed by atoms with Gasteiger partial charge in [0.15, 0.2) is 0 Å². The van der Waals surface area contributed by atoms with E-state index in [1.54, 1.807) is 18.2 Å². The van der Waals surface area contributed by atoms with Crippen molar-refractivity contribution in [2.75, 3.05) is 5.32 Å². The number of carbonyl (C=O) groups is 1. The molecule has 0 aliphatic heterocycles. The number of aromatic hydroxyl groups is 1. The third kappa shape index (κ3) is 4.64. The number of ketones is 1. The summed E-state index contributed by atoms with van der Waals surface area (Å²) >= 11 is 3.43. The van der Waals surface area contributed by atoms with Gasteiger partial charge in [0, 0.05) is 22.8 Å². The van der Waals surface area contributed by atoms with Crippen molar-refractivity contribution in [3.8, 4) is 5.75 Å². The molecule has 0 saturated carbocycles. The van der Waals surface area contributed by atoms with Crippen LogP contribution in [0, 0.1) is 0 Å². The largest absolute Gasteiger partial charge is 0.507 e.